The molecule has 0 spiro atoms. The van der Waals surface area contributed by atoms with Gasteiger partial charge in [-0.15, -0.1) is 0 Å². The lowest BCUT2D eigenvalue weighted by Crippen LogP contribution is -2.21. The predicted octanol–water partition coefficient (Wildman–Crippen LogP) is 1.18. The first-order valence-electron chi connectivity index (χ1n) is 6.76. The summed E-state index contributed by atoms with van der Waals surface area (Å²) in [7, 11) is 0. The molecule has 0 unspecified atom stereocenters. The zero-order valence-electron chi connectivity index (χ0n) is 12.1. The maximum Gasteiger partial charge on any atom is 0.211 e. The van der Waals surface area contributed by atoms with Crippen molar-refractivity contribution in [2.45, 2.75) is 39.3 Å². The summed E-state index contributed by atoms with van der Waals surface area (Å²) in [6, 6.07) is 5.28. The second kappa shape index (κ2) is 5.34. The summed E-state index contributed by atoms with van der Waals surface area (Å²) in [4.78, 5) is 12.3. The molecule has 0 amide bonds. The van der Waals surface area contributed by atoms with E-state index < -0.39 is 5.60 Å². The number of aliphatic hydroxyl groups is 2. The van der Waals surface area contributed by atoms with E-state index >= 15 is 0 Å². The molecule has 0 saturated heterocycles. The second-order valence-corrected chi connectivity index (χ2v) is 5.36. The number of nitrogens with zero attached hydrogens (tertiary/aromatic N) is 2. The Morgan fingerprint density at radius 3 is 2.60 bits per heavy atom. The van der Waals surface area contributed by atoms with Gasteiger partial charge in [-0.2, -0.15) is 5.10 Å². The number of aliphatic hydroxyl groups excluding tert-OH is 1. The van der Waals surface area contributed by atoms with Crippen LogP contribution in [0.5, 0.6) is 0 Å². The number of hydrogen-bond acceptors (Lipinski definition) is 4. The molecule has 5 heteroatoms. The van der Waals surface area contributed by atoms with Crippen molar-refractivity contribution in [1.82, 2.24) is 9.78 Å². The molecule has 0 atom stereocenters. The number of aromatic nitrogens is 2. The highest BCUT2D eigenvalue weighted by atomic mass is 16.3. The van der Waals surface area contributed by atoms with Gasteiger partial charge >= 0.3 is 0 Å². The van der Waals surface area contributed by atoms with Gasteiger partial charge in [-0.25, -0.2) is 0 Å². The topological polar surface area (TPSA) is 75.3 Å². The zero-order valence-corrected chi connectivity index (χ0v) is 12.1. The van der Waals surface area contributed by atoms with E-state index in [-0.39, 0.29) is 18.5 Å². The van der Waals surface area contributed by atoms with Crippen LogP contribution in [-0.4, -0.2) is 26.6 Å². The molecule has 1 heterocycles. The van der Waals surface area contributed by atoms with Gasteiger partial charge in [-0.1, -0.05) is 6.07 Å². The first-order valence-corrected chi connectivity index (χ1v) is 6.76. The van der Waals surface area contributed by atoms with E-state index in [4.69, 9.17) is 5.11 Å². The van der Waals surface area contributed by atoms with Crippen LogP contribution in [-0.2, 0) is 18.6 Å². The van der Waals surface area contributed by atoms with Crippen LogP contribution >= 0.6 is 0 Å². The van der Waals surface area contributed by atoms with E-state index in [9.17, 15) is 9.90 Å². The predicted molar refractivity (Wildman–Crippen MR) is 77.7 cm³/mol. The fourth-order valence-corrected chi connectivity index (χ4v) is 2.23. The van der Waals surface area contributed by atoms with Crippen LogP contribution in [0.4, 0.5) is 0 Å². The Bertz CT molecular complexity index is 684. The van der Waals surface area contributed by atoms with E-state index in [1.165, 1.54) is 0 Å². The molecule has 2 aromatic rings. The molecule has 108 valence electrons. The van der Waals surface area contributed by atoms with Crippen LogP contribution < -0.4 is 5.43 Å². The van der Waals surface area contributed by atoms with E-state index in [1.54, 1.807) is 36.7 Å². The van der Waals surface area contributed by atoms with Crippen molar-refractivity contribution in [2.24, 2.45) is 0 Å². The molecular formula is C15H20N2O3. The molecule has 20 heavy (non-hydrogen) atoms. The molecule has 1 aromatic heterocycles. The first kappa shape index (κ1) is 14.7. The Morgan fingerprint density at radius 2 is 2.05 bits per heavy atom. The van der Waals surface area contributed by atoms with Gasteiger partial charge in [0.1, 0.15) is 5.69 Å². The van der Waals surface area contributed by atoms with Gasteiger partial charge in [0.25, 0.3) is 0 Å². The van der Waals surface area contributed by atoms with E-state index in [0.717, 1.165) is 5.56 Å². The minimum absolute atomic E-state index is 0.0980. The Hall–Kier alpha value is -1.72. The number of fused-ring (bicyclic) bond motifs is 1. The Balaban J connectivity index is 2.76. The molecule has 2 rings (SSSR count). The molecule has 5 nitrogen and oxygen atoms in total. The first-order chi connectivity index (χ1) is 9.38. The van der Waals surface area contributed by atoms with E-state index in [1.807, 2.05) is 6.92 Å². The highest BCUT2D eigenvalue weighted by Crippen LogP contribution is 2.23. The average Bonchev–Trinajstić information content (AvgIpc) is 2.40. The molecule has 0 fully saturated rings. The summed E-state index contributed by atoms with van der Waals surface area (Å²) >= 11 is 0. The average molecular weight is 276 g/mol. The standard InChI is InChI=1S/C15H20N2O3/c1-4-17-13-9-10(15(2,3)20)5-6-11(13)14(19)12(16-17)7-8-18/h5-6,9,18,20H,4,7-8H2,1-3H3. The van der Waals surface area contributed by atoms with Gasteiger partial charge in [0, 0.05) is 25.0 Å². The lowest BCUT2D eigenvalue weighted by Gasteiger charge is -2.19. The van der Waals surface area contributed by atoms with Gasteiger partial charge < -0.3 is 10.2 Å². The summed E-state index contributed by atoms with van der Waals surface area (Å²) in [5, 5.41) is 24.0. The van der Waals surface area contributed by atoms with Crippen molar-refractivity contribution in [3.8, 4) is 0 Å². The summed E-state index contributed by atoms with van der Waals surface area (Å²) in [6.45, 7) is 5.87. The van der Waals surface area contributed by atoms with Gasteiger partial charge in [0.05, 0.1) is 11.1 Å². The number of benzene rings is 1. The van der Waals surface area contributed by atoms with Gasteiger partial charge in [0.15, 0.2) is 0 Å². The lowest BCUT2D eigenvalue weighted by molar-refractivity contribution is 0.0787. The van der Waals surface area contributed by atoms with Gasteiger partial charge in [-0.3, -0.25) is 9.48 Å². The van der Waals surface area contributed by atoms with E-state index in [0.29, 0.717) is 23.1 Å². The monoisotopic (exact) mass is 276 g/mol. The third kappa shape index (κ3) is 2.59. The smallest absolute Gasteiger partial charge is 0.211 e. The largest absolute Gasteiger partial charge is 0.396 e. The third-order valence-corrected chi connectivity index (χ3v) is 3.38. The third-order valence-electron chi connectivity index (χ3n) is 3.38. The molecule has 0 radical (unpaired) electrons. The number of rotatable bonds is 4. The molecule has 0 saturated carbocycles. The van der Waals surface area contributed by atoms with Crippen LogP contribution in [0.15, 0.2) is 23.0 Å². The maximum atomic E-state index is 12.3. The van der Waals surface area contributed by atoms with Crippen LogP contribution in [0.1, 0.15) is 32.0 Å². The Kier molecular flexibility index (Phi) is 3.92. The van der Waals surface area contributed by atoms with Crippen molar-refractivity contribution in [1.29, 1.82) is 0 Å². The van der Waals surface area contributed by atoms with Crippen LogP contribution in [0, 0.1) is 0 Å². The minimum Gasteiger partial charge on any atom is -0.396 e. The van der Waals surface area contributed by atoms with Crippen molar-refractivity contribution in [2.75, 3.05) is 6.61 Å². The highest BCUT2D eigenvalue weighted by molar-refractivity contribution is 5.79. The lowest BCUT2D eigenvalue weighted by atomic mass is 9.97. The van der Waals surface area contributed by atoms with Gasteiger partial charge in [0.2, 0.25) is 5.43 Å². The molecule has 0 aliphatic rings. The Labute approximate surface area is 117 Å². The van der Waals surface area contributed by atoms with Crippen molar-refractivity contribution in [3.63, 3.8) is 0 Å². The molecule has 0 bridgehead atoms. The van der Waals surface area contributed by atoms with Crippen molar-refractivity contribution >= 4 is 10.9 Å². The molecular weight excluding hydrogens is 256 g/mol. The van der Waals surface area contributed by atoms with E-state index in [2.05, 4.69) is 5.10 Å². The second-order valence-electron chi connectivity index (χ2n) is 5.36. The molecule has 0 aliphatic carbocycles. The zero-order chi connectivity index (χ0) is 14.9. The maximum absolute atomic E-state index is 12.3. The molecule has 1 aromatic carbocycles. The van der Waals surface area contributed by atoms with Crippen molar-refractivity contribution in [3.05, 3.63) is 39.7 Å². The summed E-state index contributed by atoms with van der Waals surface area (Å²) in [6.07, 6.45) is 0.252. The number of aryl methyl sites for hydroxylation is 1. The number of hydrogen-bond donors (Lipinski definition) is 2. The Morgan fingerprint density at radius 1 is 1.35 bits per heavy atom. The summed E-state index contributed by atoms with van der Waals surface area (Å²) < 4.78 is 1.73. The summed E-state index contributed by atoms with van der Waals surface area (Å²) in [5.74, 6) is 0. The molecule has 2 N–H and O–H groups in total. The highest BCUT2D eigenvalue weighted by Gasteiger charge is 2.18. The molecule has 0 aliphatic heterocycles. The van der Waals surface area contributed by atoms with Crippen LogP contribution in [0.3, 0.4) is 0 Å². The van der Waals surface area contributed by atoms with Crippen LogP contribution in [0.25, 0.3) is 10.9 Å². The summed E-state index contributed by atoms with van der Waals surface area (Å²) in [5.41, 5.74) is 0.702. The quantitative estimate of drug-likeness (QED) is 0.879. The van der Waals surface area contributed by atoms with Crippen LogP contribution in [0.2, 0.25) is 0 Å². The normalized spacial score (nSPS) is 12.1. The fraction of sp³-hybridized carbons (Fsp3) is 0.467. The minimum atomic E-state index is -0.966. The van der Waals surface area contributed by atoms with Crippen molar-refractivity contribution < 1.29 is 10.2 Å². The fourth-order valence-electron chi connectivity index (χ4n) is 2.23. The van der Waals surface area contributed by atoms with Gasteiger partial charge in [-0.05, 0) is 38.5 Å². The SMILES string of the molecule is CCn1nc(CCO)c(=O)c2ccc(C(C)(C)O)cc21.